The van der Waals surface area contributed by atoms with Crippen LogP contribution < -0.4 is 5.73 Å². The van der Waals surface area contributed by atoms with Crippen LogP contribution in [-0.2, 0) is 0 Å². The van der Waals surface area contributed by atoms with Gasteiger partial charge in [0.25, 0.3) is 0 Å². The minimum atomic E-state index is -0.160. The number of hydrogen-bond donors (Lipinski definition) is 1. The van der Waals surface area contributed by atoms with Crippen LogP contribution in [0.4, 0.5) is 0 Å². The maximum Gasteiger partial charge on any atom is 0.194 e. The first-order valence-corrected chi connectivity index (χ1v) is 4.60. The molecule has 4 nitrogen and oxygen atoms in total. The van der Waals surface area contributed by atoms with E-state index in [1.807, 2.05) is 6.26 Å². The van der Waals surface area contributed by atoms with Gasteiger partial charge in [-0.2, -0.15) is 0 Å². The number of carbonyl (C=O) groups excluding carboxylic acids is 1. The first-order valence-electron chi connectivity index (χ1n) is 3.38. The molecule has 0 bridgehead atoms. The fraction of sp³-hybridized carbons (Fsp3) is 0.286. The second kappa shape index (κ2) is 4.18. The Kier molecular flexibility index (Phi) is 3.19. The van der Waals surface area contributed by atoms with Crippen LogP contribution in [0.25, 0.3) is 0 Å². The zero-order valence-electron chi connectivity index (χ0n) is 6.65. The molecule has 0 atom stereocenters. The minimum absolute atomic E-state index is 0.00909. The summed E-state index contributed by atoms with van der Waals surface area (Å²) in [6.07, 6.45) is 3.41. The van der Waals surface area contributed by atoms with E-state index in [4.69, 9.17) is 5.73 Å². The summed E-state index contributed by atoms with van der Waals surface area (Å²) in [5, 5.41) is 0.592. The van der Waals surface area contributed by atoms with Gasteiger partial charge in [0.2, 0.25) is 0 Å². The SMILES string of the molecule is CSc1nccc(C(=O)CN)n1. The number of aromatic nitrogens is 2. The monoisotopic (exact) mass is 183 g/mol. The Morgan fingerprint density at radius 3 is 3.08 bits per heavy atom. The molecule has 64 valence electrons. The summed E-state index contributed by atoms with van der Waals surface area (Å²) in [5.74, 6) is -0.160. The molecule has 0 saturated heterocycles. The van der Waals surface area contributed by atoms with Crippen LogP contribution in [0.3, 0.4) is 0 Å². The van der Waals surface area contributed by atoms with E-state index in [0.29, 0.717) is 10.9 Å². The van der Waals surface area contributed by atoms with Gasteiger partial charge in [0.05, 0.1) is 6.54 Å². The average molecular weight is 183 g/mol. The summed E-state index contributed by atoms with van der Waals surface area (Å²) < 4.78 is 0. The molecule has 1 aromatic heterocycles. The molecular formula is C7H9N3OS. The van der Waals surface area contributed by atoms with Gasteiger partial charge in [0.15, 0.2) is 10.9 Å². The van der Waals surface area contributed by atoms with Crippen LogP contribution >= 0.6 is 11.8 Å². The number of carbonyl (C=O) groups is 1. The Labute approximate surface area is 74.6 Å². The second-order valence-corrected chi connectivity index (χ2v) is 2.83. The molecule has 0 fully saturated rings. The Bertz CT molecular complexity index is 290. The van der Waals surface area contributed by atoms with E-state index in [-0.39, 0.29) is 12.3 Å². The van der Waals surface area contributed by atoms with Crippen molar-refractivity contribution in [2.24, 2.45) is 5.73 Å². The van der Waals surface area contributed by atoms with Crippen molar-refractivity contribution in [2.75, 3.05) is 12.8 Å². The summed E-state index contributed by atoms with van der Waals surface area (Å²) >= 11 is 1.40. The maximum absolute atomic E-state index is 11.1. The molecule has 5 heteroatoms. The summed E-state index contributed by atoms with van der Waals surface area (Å²) in [6, 6.07) is 1.56. The van der Waals surface area contributed by atoms with Crippen molar-refractivity contribution in [3.05, 3.63) is 18.0 Å². The van der Waals surface area contributed by atoms with Crippen molar-refractivity contribution >= 4 is 17.5 Å². The van der Waals surface area contributed by atoms with Crippen LogP contribution in [0.2, 0.25) is 0 Å². The van der Waals surface area contributed by atoms with Crippen LogP contribution in [0.1, 0.15) is 10.5 Å². The summed E-state index contributed by atoms with van der Waals surface area (Å²) in [6.45, 7) is -0.00909. The van der Waals surface area contributed by atoms with Crippen molar-refractivity contribution in [2.45, 2.75) is 5.16 Å². The Morgan fingerprint density at radius 1 is 1.75 bits per heavy atom. The molecule has 12 heavy (non-hydrogen) atoms. The molecule has 0 unspecified atom stereocenters. The topological polar surface area (TPSA) is 68.9 Å². The van der Waals surface area contributed by atoms with Crippen molar-refractivity contribution in [1.29, 1.82) is 0 Å². The van der Waals surface area contributed by atoms with Crippen LogP contribution in [0, 0.1) is 0 Å². The Hall–Kier alpha value is -0.940. The Morgan fingerprint density at radius 2 is 2.50 bits per heavy atom. The molecule has 0 aliphatic rings. The Balaban J connectivity index is 2.93. The molecular weight excluding hydrogens is 174 g/mol. The van der Waals surface area contributed by atoms with Crippen LogP contribution in [0.5, 0.6) is 0 Å². The minimum Gasteiger partial charge on any atom is -0.324 e. The number of thioether (sulfide) groups is 1. The number of nitrogens with two attached hydrogens (primary N) is 1. The molecule has 0 spiro atoms. The molecule has 0 radical (unpaired) electrons. The predicted octanol–water partition coefficient (Wildman–Crippen LogP) is 0.340. The van der Waals surface area contributed by atoms with Crippen LogP contribution in [-0.4, -0.2) is 28.6 Å². The van der Waals surface area contributed by atoms with Gasteiger partial charge in [-0.3, -0.25) is 4.79 Å². The molecule has 1 heterocycles. The van der Waals surface area contributed by atoms with Gasteiger partial charge in [-0.15, -0.1) is 0 Å². The molecule has 1 rings (SSSR count). The normalized spacial score (nSPS) is 9.83. The lowest BCUT2D eigenvalue weighted by Crippen LogP contribution is -2.15. The fourth-order valence-electron chi connectivity index (χ4n) is 0.699. The standard InChI is InChI=1S/C7H9N3OS/c1-12-7-9-3-2-5(10-7)6(11)4-8/h2-3H,4,8H2,1H3. The summed E-state index contributed by atoms with van der Waals surface area (Å²) in [4.78, 5) is 19.0. The highest BCUT2D eigenvalue weighted by atomic mass is 32.2. The summed E-state index contributed by atoms with van der Waals surface area (Å²) in [7, 11) is 0. The quantitative estimate of drug-likeness (QED) is 0.416. The van der Waals surface area contributed by atoms with Crippen molar-refractivity contribution in [3.8, 4) is 0 Å². The van der Waals surface area contributed by atoms with E-state index in [1.54, 1.807) is 12.3 Å². The lowest BCUT2D eigenvalue weighted by Gasteiger charge is -1.97. The first-order chi connectivity index (χ1) is 5.77. The number of rotatable bonds is 3. The van der Waals surface area contributed by atoms with E-state index < -0.39 is 0 Å². The molecule has 2 N–H and O–H groups in total. The number of ketones is 1. The molecule has 1 aromatic rings. The van der Waals surface area contributed by atoms with Gasteiger partial charge in [-0.1, -0.05) is 11.8 Å². The average Bonchev–Trinajstić information content (AvgIpc) is 2.17. The third-order valence-electron chi connectivity index (χ3n) is 1.29. The highest BCUT2D eigenvalue weighted by Crippen LogP contribution is 2.07. The molecule has 0 amide bonds. The summed E-state index contributed by atoms with van der Waals surface area (Å²) in [5.41, 5.74) is 5.56. The maximum atomic E-state index is 11.1. The lowest BCUT2D eigenvalue weighted by molar-refractivity contribution is 0.0996. The van der Waals surface area contributed by atoms with Crippen molar-refractivity contribution < 1.29 is 4.79 Å². The highest BCUT2D eigenvalue weighted by Gasteiger charge is 2.05. The third kappa shape index (κ3) is 2.02. The van der Waals surface area contributed by atoms with Gasteiger partial charge in [0, 0.05) is 6.20 Å². The fourth-order valence-corrected chi connectivity index (χ4v) is 1.05. The number of hydrogen-bond acceptors (Lipinski definition) is 5. The van der Waals surface area contributed by atoms with E-state index in [9.17, 15) is 4.79 Å². The zero-order valence-corrected chi connectivity index (χ0v) is 7.47. The predicted molar refractivity (Wildman–Crippen MR) is 47.2 cm³/mol. The van der Waals surface area contributed by atoms with E-state index in [1.165, 1.54) is 11.8 Å². The van der Waals surface area contributed by atoms with Gasteiger partial charge in [-0.05, 0) is 12.3 Å². The molecule has 0 saturated carbocycles. The molecule has 0 aromatic carbocycles. The van der Waals surface area contributed by atoms with Gasteiger partial charge in [0.1, 0.15) is 5.69 Å². The van der Waals surface area contributed by atoms with E-state index in [2.05, 4.69) is 9.97 Å². The number of Topliss-reactive ketones (excluding diaryl/α,β-unsaturated/α-hetero) is 1. The molecule has 0 aliphatic carbocycles. The lowest BCUT2D eigenvalue weighted by atomic mass is 10.3. The zero-order chi connectivity index (χ0) is 8.97. The van der Waals surface area contributed by atoms with Crippen molar-refractivity contribution in [3.63, 3.8) is 0 Å². The van der Waals surface area contributed by atoms with Gasteiger partial charge >= 0.3 is 0 Å². The van der Waals surface area contributed by atoms with E-state index in [0.717, 1.165) is 0 Å². The van der Waals surface area contributed by atoms with Crippen LogP contribution in [0.15, 0.2) is 17.4 Å². The van der Waals surface area contributed by atoms with Gasteiger partial charge in [-0.25, -0.2) is 9.97 Å². The highest BCUT2D eigenvalue weighted by molar-refractivity contribution is 7.98. The second-order valence-electron chi connectivity index (χ2n) is 2.06. The third-order valence-corrected chi connectivity index (χ3v) is 1.85. The first kappa shape index (κ1) is 9.15. The smallest absolute Gasteiger partial charge is 0.194 e. The molecule has 0 aliphatic heterocycles. The largest absolute Gasteiger partial charge is 0.324 e. The van der Waals surface area contributed by atoms with E-state index >= 15 is 0 Å². The van der Waals surface area contributed by atoms with Gasteiger partial charge < -0.3 is 5.73 Å². The van der Waals surface area contributed by atoms with Crippen molar-refractivity contribution in [1.82, 2.24) is 9.97 Å². The number of nitrogens with zero attached hydrogens (tertiary/aromatic N) is 2.